The van der Waals surface area contributed by atoms with Crippen molar-refractivity contribution in [2.75, 3.05) is 19.7 Å². The molecule has 0 aliphatic carbocycles. The summed E-state index contributed by atoms with van der Waals surface area (Å²) >= 11 is 0. The third-order valence-electron chi connectivity index (χ3n) is 4.62. The Hall–Kier alpha value is -2.77. The summed E-state index contributed by atoms with van der Waals surface area (Å²) in [5.74, 6) is -0.905. The van der Waals surface area contributed by atoms with Gasteiger partial charge in [-0.2, -0.15) is 13.2 Å². The van der Waals surface area contributed by atoms with E-state index in [9.17, 15) is 22.8 Å². The van der Waals surface area contributed by atoms with Gasteiger partial charge in [0, 0.05) is 18.7 Å². The van der Waals surface area contributed by atoms with E-state index in [2.05, 4.69) is 0 Å². The SMILES string of the molecule is CCOC(=O)[C@H]1CCCN(C(=O)c2ccc(-c3cccc(C(F)(F)F)c3)o2)C1. The van der Waals surface area contributed by atoms with Crippen LogP contribution in [0.15, 0.2) is 40.8 Å². The second kappa shape index (κ2) is 8.08. The van der Waals surface area contributed by atoms with Crippen LogP contribution in [-0.4, -0.2) is 36.5 Å². The number of amides is 1. The molecule has 2 aromatic rings. The van der Waals surface area contributed by atoms with Crippen molar-refractivity contribution in [3.63, 3.8) is 0 Å². The van der Waals surface area contributed by atoms with Crippen molar-refractivity contribution >= 4 is 11.9 Å². The topological polar surface area (TPSA) is 59.8 Å². The molecule has 0 bridgehead atoms. The molecule has 1 aromatic carbocycles. The van der Waals surface area contributed by atoms with Crippen molar-refractivity contribution in [2.24, 2.45) is 5.92 Å². The predicted octanol–water partition coefficient (Wildman–Crippen LogP) is 4.38. The van der Waals surface area contributed by atoms with Gasteiger partial charge < -0.3 is 14.1 Å². The average Bonchev–Trinajstić information content (AvgIpc) is 3.17. The van der Waals surface area contributed by atoms with Gasteiger partial charge in [0.15, 0.2) is 5.76 Å². The van der Waals surface area contributed by atoms with Crippen LogP contribution in [0.25, 0.3) is 11.3 Å². The Kier molecular flexibility index (Phi) is 5.76. The van der Waals surface area contributed by atoms with Crippen LogP contribution in [0.1, 0.15) is 35.9 Å². The Morgan fingerprint density at radius 2 is 2.04 bits per heavy atom. The average molecular weight is 395 g/mol. The number of likely N-dealkylation sites (tertiary alicyclic amines) is 1. The van der Waals surface area contributed by atoms with Crippen LogP contribution in [0.3, 0.4) is 0 Å². The van der Waals surface area contributed by atoms with Crippen LogP contribution < -0.4 is 0 Å². The Labute approximate surface area is 160 Å². The number of hydrogen-bond donors (Lipinski definition) is 0. The first-order valence-corrected chi connectivity index (χ1v) is 9.03. The molecule has 0 unspecified atom stereocenters. The lowest BCUT2D eigenvalue weighted by Crippen LogP contribution is -2.42. The number of esters is 1. The first-order valence-electron chi connectivity index (χ1n) is 9.03. The predicted molar refractivity (Wildman–Crippen MR) is 94.4 cm³/mol. The van der Waals surface area contributed by atoms with E-state index in [0.717, 1.165) is 12.1 Å². The fourth-order valence-electron chi connectivity index (χ4n) is 3.23. The minimum atomic E-state index is -4.46. The molecule has 1 atom stereocenters. The molecule has 0 spiro atoms. The minimum Gasteiger partial charge on any atom is -0.466 e. The molecule has 150 valence electrons. The Morgan fingerprint density at radius 1 is 1.25 bits per heavy atom. The van der Waals surface area contributed by atoms with Crippen LogP contribution in [0.5, 0.6) is 0 Å². The number of alkyl halides is 3. The Balaban J connectivity index is 1.75. The third kappa shape index (κ3) is 4.37. The van der Waals surface area contributed by atoms with E-state index >= 15 is 0 Å². The number of piperidine rings is 1. The maximum absolute atomic E-state index is 12.9. The van der Waals surface area contributed by atoms with Gasteiger partial charge in [0.2, 0.25) is 0 Å². The second-order valence-corrected chi connectivity index (χ2v) is 6.58. The second-order valence-electron chi connectivity index (χ2n) is 6.58. The lowest BCUT2D eigenvalue weighted by atomic mass is 9.98. The highest BCUT2D eigenvalue weighted by Gasteiger charge is 2.32. The number of benzene rings is 1. The first kappa shape index (κ1) is 20.0. The zero-order valence-corrected chi connectivity index (χ0v) is 15.3. The smallest absolute Gasteiger partial charge is 0.416 e. The molecule has 0 radical (unpaired) electrons. The number of furan rings is 1. The molecule has 1 fully saturated rings. The Morgan fingerprint density at radius 3 is 2.75 bits per heavy atom. The molecular formula is C20H20F3NO4. The summed E-state index contributed by atoms with van der Waals surface area (Å²) in [5, 5.41) is 0. The number of nitrogens with zero attached hydrogens (tertiary/aromatic N) is 1. The highest BCUT2D eigenvalue weighted by molar-refractivity contribution is 5.92. The number of rotatable bonds is 4. The van der Waals surface area contributed by atoms with Gasteiger partial charge in [0.25, 0.3) is 5.91 Å². The van der Waals surface area contributed by atoms with Crippen molar-refractivity contribution in [1.29, 1.82) is 0 Å². The number of carbonyl (C=O) groups excluding carboxylic acids is 2. The van der Waals surface area contributed by atoms with Gasteiger partial charge >= 0.3 is 12.1 Å². The maximum atomic E-state index is 12.9. The van der Waals surface area contributed by atoms with Crippen LogP contribution in [-0.2, 0) is 15.7 Å². The zero-order chi connectivity index (χ0) is 20.3. The number of ether oxygens (including phenoxy) is 1. The summed E-state index contributed by atoms with van der Waals surface area (Å²) in [5.41, 5.74) is -0.556. The molecule has 1 aliphatic rings. The number of carbonyl (C=O) groups is 2. The monoisotopic (exact) mass is 395 g/mol. The molecule has 28 heavy (non-hydrogen) atoms. The molecule has 5 nitrogen and oxygen atoms in total. The van der Waals surface area contributed by atoms with E-state index in [1.54, 1.807) is 6.92 Å². The van der Waals surface area contributed by atoms with Gasteiger partial charge in [-0.05, 0) is 44.0 Å². The van der Waals surface area contributed by atoms with Crippen molar-refractivity contribution < 1.29 is 31.9 Å². The molecule has 0 saturated carbocycles. The molecule has 0 N–H and O–H groups in total. The largest absolute Gasteiger partial charge is 0.466 e. The van der Waals surface area contributed by atoms with Gasteiger partial charge in [-0.1, -0.05) is 12.1 Å². The van der Waals surface area contributed by atoms with Crippen LogP contribution >= 0.6 is 0 Å². The van der Waals surface area contributed by atoms with E-state index in [0.29, 0.717) is 19.4 Å². The summed E-state index contributed by atoms with van der Waals surface area (Å²) < 4.78 is 49.2. The summed E-state index contributed by atoms with van der Waals surface area (Å²) in [6.07, 6.45) is -3.15. The molecule has 2 heterocycles. The van der Waals surface area contributed by atoms with E-state index in [-0.39, 0.29) is 42.1 Å². The van der Waals surface area contributed by atoms with Gasteiger partial charge in [0.1, 0.15) is 5.76 Å². The van der Waals surface area contributed by atoms with Crippen LogP contribution in [0, 0.1) is 5.92 Å². The van der Waals surface area contributed by atoms with Crippen molar-refractivity contribution in [1.82, 2.24) is 4.90 Å². The summed E-state index contributed by atoms with van der Waals surface area (Å²) in [4.78, 5) is 26.1. The molecule has 1 amide bonds. The van der Waals surface area contributed by atoms with E-state index in [4.69, 9.17) is 9.15 Å². The van der Waals surface area contributed by atoms with Gasteiger partial charge in [-0.15, -0.1) is 0 Å². The van der Waals surface area contributed by atoms with Crippen molar-refractivity contribution in [2.45, 2.75) is 25.9 Å². The van der Waals surface area contributed by atoms with Gasteiger partial charge in [-0.3, -0.25) is 9.59 Å². The fraction of sp³-hybridized carbons (Fsp3) is 0.400. The molecule has 1 saturated heterocycles. The lowest BCUT2D eigenvalue weighted by molar-refractivity contribution is -0.149. The van der Waals surface area contributed by atoms with Crippen molar-refractivity contribution in [3.05, 3.63) is 47.7 Å². The summed E-state index contributed by atoms with van der Waals surface area (Å²) in [7, 11) is 0. The summed E-state index contributed by atoms with van der Waals surface area (Å²) in [6, 6.07) is 7.63. The van der Waals surface area contributed by atoms with Gasteiger partial charge in [-0.25, -0.2) is 0 Å². The normalized spacial score (nSPS) is 17.4. The summed E-state index contributed by atoms with van der Waals surface area (Å²) in [6.45, 7) is 2.72. The van der Waals surface area contributed by atoms with E-state index in [1.807, 2.05) is 0 Å². The highest BCUT2D eigenvalue weighted by atomic mass is 19.4. The first-order chi connectivity index (χ1) is 13.3. The van der Waals surface area contributed by atoms with E-state index < -0.39 is 17.6 Å². The van der Waals surface area contributed by atoms with Crippen LogP contribution in [0.4, 0.5) is 13.2 Å². The molecular weight excluding hydrogens is 375 g/mol. The standard InChI is InChI=1S/C20H20F3NO4/c1-2-27-19(26)14-6-4-10-24(12-14)18(25)17-9-8-16(28-17)13-5-3-7-15(11-13)20(21,22)23/h3,5,7-9,11,14H,2,4,6,10,12H2,1H3/t14-/m0/s1. The quantitative estimate of drug-likeness (QED) is 0.721. The molecule has 3 rings (SSSR count). The number of hydrogen-bond acceptors (Lipinski definition) is 4. The highest BCUT2D eigenvalue weighted by Crippen LogP contribution is 2.33. The van der Waals surface area contributed by atoms with E-state index in [1.165, 1.54) is 29.2 Å². The Bertz CT molecular complexity index is 859. The molecule has 1 aliphatic heterocycles. The van der Waals surface area contributed by atoms with Gasteiger partial charge in [0.05, 0.1) is 18.1 Å². The zero-order valence-electron chi connectivity index (χ0n) is 15.3. The maximum Gasteiger partial charge on any atom is 0.416 e. The lowest BCUT2D eigenvalue weighted by Gasteiger charge is -2.30. The fourth-order valence-corrected chi connectivity index (χ4v) is 3.23. The minimum absolute atomic E-state index is 0.0249. The third-order valence-corrected chi connectivity index (χ3v) is 4.62. The molecule has 1 aromatic heterocycles. The van der Waals surface area contributed by atoms with Crippen LogP contribution in [0.2, 0.25) is 0 Å². The number of halogens is 3. The molecule has 8 heteroatoms. The van der Waals surface area contributed by atoms with Crippen molar-refractivity contribution in [3.8, 4) is 11.3 Å².